The summed E-state index contributed by atoms with van der Waals surface area (Å²) in [5.74, 6) is 3.83. The van der Waals surface area contributed by atoms with Gasteiger partial charge in [0.15, 0.2) is 0 Å². The van der Waals surface area contributed by atoms with Crippen LogP contribution in [0.2, 0.25) is 0 Å². The summed E-state index contributed by atoms with van der Waals surface area (Å²) in [5.41, 5.74) is 3.22. The summed E-state index contributed by atoms with van der Waals surface area (Å²) < 4.78 is 0. The molecule has 3 aliphatic carbocycles. The molecule has 3 heteroatoms. The van der Waals surface area contributed by atoms with Gasteiger partial charge in [-0.3, -0.25) is 9.78 Å². The van der Waals surface area contributed by atoms with E-state index in [2.05, 4.69) is 57.0 Å². The summed E-state index contributed by atoms with van der Waals surface area (Å²) in [7, 11) is 2.02. The van der Waals surface area contributed by atoms with E-state index >= 15 is 0 Å². The summed E-state index contributed by atoms with van der Waals surface area (Å²) in [6.45, 7) is 9.80. The number of fused-ring (bicyclic) bond motifs is 5. The van der Waals surface area contributed by atoms with E-state index in [-0.39, 0.29) is 11.3 Å². The fourth-order valence-electron chi connectivity index (χ4n) is 8.48. The number of likely N-dealkylation sites (N-methyl/N-ethyl adjacent to an activating group) is 1. The number of amides is 1. The zero-order valence-electron chi connectivity index (χ0n) is 19.8. The van der Waals surface area contributed by atoms with Crippen LogP contribution in [0.1, 0.15) is 65.4 Å². The van der Waals surface area contributed by atoms with Crippen LogP contribution in [-0.4, -0.2) is 28.9 Å². The van der Waals surface area contributed by atoms with E-state index in [1.807, 2.05) is 30.4 Å². The minimum absolute atomic E-state index is 0.136. The van der Waals surface area contributed by atoms with Gasteiger partial charge in [0.1, 0.15) is 0 Å². The summed E-state index contributed by atoms with van der Waals surface area (Å²) in [5, 5.41) is 0. The number of aromatic nitrogens is 1. The molecule has 0 spiro atoms. The maximum atomic E-state index is 12.3. The van der Waals surface area contributed by atoms with Crippen molar-refractivity contribution in [2.24, 2.45) is 40.4 Å². The van der Waals surface area contributed by atoms with E-state index in [0.29, 0.717) is 23.3 Å². The van der Waals surface area contributed by atoms with Crippen molar-refractivity contribution in [3.63, 3.8) is 0 Å². The summed E-state index contributed by atoms with van der Waals surface area (Å²) in [6.07, 6.45) is 16.9. The lowest BCUT2D eigenvalue weighted by atomic mass is 9.47. The molecule has 166 valence electrons. The van der Waals surface area contributed by atoms with E-state index < -0.39 is 0 Å². The van der Waals surface area contributed by atoms with Gasteiger partial charge in [0.05, 0.1) is 0 Å². The van der Waals surface area contributed by atoms with Gasteiger partial charge >= 0.3 is 0 Å². The SMILES string of the molecule is CC(=C[C@H]1C(C)C[C@H]2[C@@H]3CCC4N(C)C(=O)C=C[C@]4(C)[C@H]3CC[C@]12C)c1ccncc1. The van der Waals surface area contributed by atoms with Crippen LogP contribution in [-0.2, 0) is 4.79 Å². The number of hydrogen-bond acceptors (Lipinski definition) is 2. The molecule has 0 radical (unpaired) electrons. The average molecular weight is 419 g/mol. The van der Waals surface area contributed by atoms with Crippen molar-refractivity contribution in [2.45, 2.75) is 65.8 Å². The first-order valence-electron chi connectivity index (χ1n) is 12.3. The standard InChI is InChI=1S/C28H38N2O/c1-18(20-10-14-29-15-11-20)16-23-19(2)17-24-21-6-7-25-28(4,13-9-26(31)30(25)5)22(21)8-12-27(23,24)3/h9-11,13-16,19,21-25H,6-8,12,17H2,1-5H3/t19?,21-,22+,23+,24+,25?,27-,28-/m1/s1. The first kappa shape index (κ1) is 21.0. The summed E-state index contributed by atoms with van der Waals surface area (Å²) in [6, 6.07) is 4.65. The normalized spacial score (nSPS) is 44.6. The Kier molecular flexibility index (Phi) is 4.95. The van der Waals surface area contributed by atoms with Crippen molar-refractivity contribution in [3.05, 3.63) is 48.3 Å². The molecule has 5 rings (SSSR count). The van der Waals surface area contributed by atoms with E-state index in [4.69, 9.17) is 0 Å². The number of carbonyl (C=O) groups excluding carboxylic acids is 1. The Bertz CT molecular complexity index is 920. The van der Waals surface area contributed by atoms with Gasteiger partial charge in [0.25, 0.3) is 0 Å². The quantitative estimate of drug-likeness (QED) is 0.591. The molecule has 4 aliphatic rings. The van der Waals surface area contributed by atoms with Crippen LogP contribution < -0.4 is 0 Å². The predicted molar refractivity (Wildman–Crippen MR) is 126 cm³/mol. The molecule has 0 aromatic carbocycles. The highest BCUT2D eigenvalue weighted by Gasteiger charge is 2.61. The van der Waals surface area contributed by atoms with Crippen molar-refractivity contribution < 1.29 is 4.79 Å². The molecule has 8 atom stereocenters. The smallest absolute Gasteiger partial charge is 0.246 e. The van der Waals surface area contributed by atoms with Gasteiger partial charge in [-0.1, -0.05) is 32.9 Å². The zero-order valence-corrected chi connectivity index (χ0v) is 19.8. The lowest BCUT2D eigenvalue weighted by molar-refractivity contribution is -0.138. The van der Waals surface area contributed by atoms with Crippen molar-refractivity contribution in [1.82, 2.24) is 9.88 Å². The third kappa shape index (κ3) is 3.06. The van der Waals surface area contributed by atoms with Crippen molar-refractivity contribution in [1.29, 1.82) is 0 Å². The van der Waals surface area contributed by atoms with Crippen molar-refractivity contribution in [3.8, 4) is 0 Å². The Morgan fingerprint density at radius 1 is 1.16 bits per heavy atom. The predicted octanol–water partition coefficient (Wildman–Crippen LogP) is 5.99. The number of pyridine rings is 1. The third-order valence-electron chi connectivity index (χ3n) is 10.1. The molecule has 2 heterocycles. The van der Waals surface area contributed by atoms with E-state index in [1.165, 1.54) is 36.8 Å². The first-order chi connectivity index (χ1) is 14.8. The maximum Gasteiger partial charge on any atom is 0.246 e. The number of hydrogen-bond donors (Lipinski definition) is 0. The summed E-state index contributed by atoms with van der Waals surface area (Å²) in [4.78, 5) is 18.5. The van der Waals surface area contributed by atoms with Crippen LogP contribution in [0.4, 0.5) is 0 Å². The van der Waals surface area contributed by atoms with Crippen LogP contribution in [0.5, 0.6) is 0 Å². The largest absolute Gasteiger partial charge is 0.338 e. The molecule has 2 unspecified atom stereocenters. The first-order valence-corrected chi connectivity index (χ1v) is 12.3. The minimum atomic E-state index is 0.136. The van der Waals surface area contributed by atoms with Gasteiger partial charge in [-0.25, -0.2) is 0 Å². The topological polar surface area (TPSA) is 33.2 Å². The Labute approximate surface area is 188 Å². The molecule has 0 saturated heterocycles. The van der Waals surface area contributed by atoms with Crippen molar-refractivity contribution in [2.75, 3.05) is 7.05 Å². The maximum absolute atomic E-state index is 12.3. The van der Waals surface area contributed by atoms with Crippen molar-refractivity contribution >= 4 is 11.5 Å². The van der Waals surface area contributed by atoms with Crippen LogP contribution in [0, 0.1) is 40.4 Å². The van der Waals surface area contributed by atoms with Gasteiger partial charge in [0.2, 0.25) is 5.91 Å². The second-order valence-electron chi connectivity index (χ2n) is 11.5. The lowest BCUT2D eigenvalue weighted by Crippen LogP contribution is -2.59. The average Bonchev–Trinajstić information content (AvgIpc) is 3.02. The molecule has 1 aromatic rings. The molecular formula is C28H38N2O. The highest BCUT2D eigenvalue weighted by atomic mass is 16.2. The summed E-state index contributed by atoms with van der Waals surface area (Å²) >= 11 is 0. The fraction of sp³-hybridized carbons (Fsp3) is 0.643. The number of nitrogens with zero attached hydrogens (tertiary/aromatic N) is 2. The van der Waals surface area contributed by atoms with Gasteiger partial charge in [-0.2, -0.15) is 0 Å². The molecule has 3 saturated carbocycles. The Morgan fingerprint density at radius 2 is 1.90 bits per heavy atom. The van der Waals surface area contributed by atoms with Gasteiger partial charge < -0.3 is 4.90 Å². The second kappa shape index (κ2) is 7.32. The third-order valence-corrected chi connectivity index (χ3v) is 10.1. The van der Waals surface area contributed by atoms with E-state index in [9.17, 15) is 4.79 Å². The molecule has 3 nitrogen and oxygen atoms in total. The molecule has 1 aliphatic heterocycles. The van der Waals surface area contributed by atoms with Gasteiger partial charge in [-0.05, 0) is 103 Å². The fourth-order valence-corrected chi connectivity index (χ4v) is 8.48. The lowest BCUT2D eigenvalue weighted by Gasteiger charge is -2.60. The monoisotopic (exact) mass is 418 g/mol. The van der Waals surface area contributed by atoms with Crippen LogP contribution in [0.3, 0.4) is 0 Å². The Balaban J connectivity index is 1.45. The van der Waals surface area contributed by atoms with Gasteiger partial charge in [-0.15, -0.1) is 0 Å². The van der Waals surface area contributed by atoms with Crippen LogP contribution in [0.15, 0.2) is 42.8 Å². The highest BCUT2D eigenvalue weighted by molar-refractivity contribution is 5.89. The van der Waals surface area contributed by atoms with Crippen LogP contribution in [0.25, 0.3) is 5.57 Å². The second-order valence-corrected chi connectivity index (χ2v) is 11.5. The zero-order chi connectivity index (χ0) is 22.0. The molecule has 31 heavy (non-hydrogen) atoms. The Morgan fingerprint density at radius 3 is 2.65 bits per heavy atom. The molecular weight excluding hydrogens is 380 g/mol. The molecule has 1 aromatic heterocycles. The highest BCUT2D eigenvalue weighted by Crippen LogP contribution is 2.67. The number of carbonyl (C=O) groups is 1. The molecule has 3 fully saturated rings. The molecule has 1 amide bonds. The molecule has 0 N–H and O–H groups in total. The number of rotatable bonds is 2. The number of allylic oxidation sites excluding steroid dienone is 2. The van der Waals surface area contributed by atoms with E-state index in [0.717, 1.165) is 24.2 Å². The molecule has 0 bridgehead atoms. The van der Waals surface area contributed by atoms with Crippen LogP contribution >= 0.6 is 0 Å². The Hall–Kier alpha value is -1.90. The van der Waals surface area contributed by atoms with E-state index in [1.54, 1.807) is 0 Å². The van der Waals surface area contributed by atoms with Gasteiger partial charge in [0, 0.05) is 30.9 Å². The minimum Gasteiger partial charge on any atom is -0.338 e.